The van der Waals surface area contributed by atoms with Gasteiger partial charge in [-0.05, 0) is 43.4 Å². The molecular weight excluding hydrogens is 385 g/mol. The van der Waals surface area contributed by atoms with Crippen molar-refractivity contribution in [3.05, 3.63) is 50.5 Å². The Bertz CT molecular complexity index is 1060. The quantitative estimate of drug-likeness (QED) is 0.815. The van der Waals surface area contributed by atoms with E-state index in [0.29, 0.717) is 29.3 Å². The average molecular weight is 406 g/mol. The summed E-state index contributed by atoms with van der Waals surface area (Å²) < 4.78 is 16.8. The largest absolute Gasteiger partial charge is 0.477 e. The SMILES string of the molecule is NCC(Cl)=C1CCCN(c2cc3c(cc2F)c(=O)c(C(=O)O)cn3C2CC2)C1. The number of benzene rings is 1. The van der Waals surface area contributed by atoms with E-state index >= 15 is 0 Å². The van der Waals surface area contributed by atoms with Gasteiger partial charge in [0.1, 0.15) is 11.4 Å². The number of aromatic nitrogens is 1. The zero-order valence-corrected chi connectivity index (χ0v) is 16.0. The van der Waals surface area contributed by atoms with Crippen LogP contribution in [0.25, 0.3) is 10.9 Å². The summed E-state index contributed by atoms with van der Waals surface area (Å²) in [5.74, 6) is -1.84. The molecule has 28 heavy (non-hydrogen) atoms. The molecule has 0 radical (unpaired) electrons. The molecule has 2 aromatic rings. The van der Waals surface area contributed by atoms with Gasteiger partial charge in [-0.15, -0.1) is 0 Å². The summed E-state index contributed by atoms with van der Waals surface area (Å²) in [4.78, 5) is 25.9. The van der Waals surface area contributed by atoms with Crippen molar-refractivity contribution in [2.24, 2.45) is 5.73 Å². The van der Waals surface area contributed by atoms with E-state index < -0.39 is 17.2 Å². The second kappa shape index (κ2) is 7.22. The van der Waals surface area contributed by atoms with Crippen LogP contribution in [0.15, 0.2) is 33.7 Å². The minimum absolute atomic E-state index is 0.0980. The monoisotopic (exact) mass is 405 g/mol. The second-order valence-corrected chi connectivity index (χ2v) is 7.83. The molecule has 1 saturated carbocycles. The van der Waals surface area contributed by atoms with Gasteiger partial charge < -0.3 is 20.3 Å². The number of rotatable bonds is 4. The summed E-state index contributed by atoms with van der Waals surface area (Å²) >= 11 is 6.21. The molecule has 1 aromatic carbocycles. The first-order chi connectivity index (χ1) is 13.4. The highest BCUT2D eigenvalue weighted by molar-refractivity contribution is 6.30. The smallest absolute Gasteiger partial charge is 0.341 e. The first-order valence-electron chi connectivity index (χ1n) is 9.33. The number of hydrogen-bond donors (Lipinski definition) is 2. The zero-order chi connectivity index (χ0) is 20.0. The predicted octanol–water partition coefficient (Wildman–Crippen LogP) is 3.23. The van der Waals surface area contributed by atoms with Crippen LogP contribution in [-0.4, -0.2) is 35.3 Å². The van der Waals surface area contributed by atoms with Gasteiger partial charge >= 0.3 is 5.97 Å². The Morgan fingerprint density at radius 1 is 1.36 bits per heavy atom. The van der Waals surface area contributed by atoms with Crippen molar-refractivity contribution in [1.29, 1.82) is 0 Å². The Kier molecular flexibility index (Phi) is 4.89. The Hall–Kier alpha value is -2.38. The highest BCUT2D eigenvalue weighted by Crippen LogP contribution is 2.38. The number of nitrogens with zero attached hydrogens (tertiary/aromatic N) is 2. The lowest BCUT2D eigenvalue weighted by Gasteiger charge is -2.32. The second-order valence-electron chi connectivity index (χ2n) is 7.37. The number of halogens is 2. The van der Waals surface area contributed by atoms with Crippen molar-refractivity contribution < 1.29 is 14.3 Å². The molecular formula is C20H21ClFN3O3. The van der Waals surface area contributed by atoms with Crippen molar-refractivity contribution in [3.63, 3.8) is 0 Å². The maximum absolute atomic E-state index is 15.0. The van der Waals surface area contributed by atoms with Crippen LogP contribution in [0.1, 0.15) is 42.1 Å². The number of carboxylic acid groups (broad SMARTS) is 1. The molecule has 2 aliphatic rings. The number of piperidine rings is 1. The highest BCUT2D eigenvalue weighted by Gasteiger charge is 2.28. The third-order valence-corrected chi connectivity index (χ3v) is 5.88. The van der Waals surface area contributed by atoms with Crippen molar-refractivity contribution in [2.45, 2.75) is 31.7 Å². The van der Waals surface area contributed by atoms with Gasteiger partial charge in [-0.1, -0.05) is 11.6 Å². The Labute approximate surface area is 166 Å². The fourth-order valence-corrected chi connectivity index (χ4v) is 4.01. The predicted molar refractivity (Wildman–Crippen MR) is 107 cm³/mol. The van der Waals surface area contributed by atoms with Crippen LogP contribution >= 0.6 is 11.6 Å². The first kappa shape index (κ1) is 19.0. The van der Waals surface area contributed by atoms with Crippen molar-refractivity contribution in [1.82, 2.24) is 4.57 Å². The summed E-state index contributed by atoms with van der Waals surface area (Å²) in [7, 11) is 0. The number of fused-ring (bicyclic) bond motifs is 1. The van der Waals surface area contributed by atoms with E-state index in [1.54, 1.807) is 10.6 Å². The molecule has 0 unspecified atom stereocenters. The summed E-state index contributed by atoms with van der Waals surface area (Å²) in [5.41, 5.74) is 6.60. The van der Waals surface area contributed by atoms with Crippen molar-refractivity contribution in [2.75, 3.05) is 24.5 Å². The van der Waals surface area contributed by atoms with Gasteiger partial charge in [-0.2, -0.15) is 0 Å². The summed E-state index contributed by atoms with van der Waals surface area (Å²) in [6, 6.07) is 2.97. The van der Waals surface area contributed by atoms with E-state index in [1.165, 1.54) is 12.3 Å². The van der Waals surface area contributed by atoms with E-state index in [2.05, 4.69) is 0 Å². The van der Waals surface area contributed by atoms with Crippen LogP contribution in [0.3, 0.4) is 0 Å². The van der Waals surface area contributed by atoms with Gasteiger partial charge in [0, 0.05) is 42.3 Å². The van der Waals surface area contributed by atoms with E-state index in [4.69, 9.17) is 17.3 Å². The zero-order valence-electron chi connectivity index (χ0n) is 15.3. The van der Waals surface area contributed by atoms with Gasteiger partial charge in [0.25, 0.3) is 0 Å². The fraction of sp³-hybridized carbons (Fsp3) is 0.400. The molecule has 148 valence electrons. The molecule has 0 amide bonds. The standard InChI is InChI=1S/C20H21ClFN3O3/c21-15(8-23)11-2-1-5-24(9-11)18-7-17-13(6-16(18)22)19(26)14(20(27)28)10-25(17)12-3-4-12/h6-7,10,12H,1-5,8-9,23H2,(H,27,28). The summed E-state index contributed by atoms with van der Waals surface area (Å²) in [5, 5.41) is 10.0. The van der Waals surface area contributed by atoms with E-state index in [1.807, 2.05) is 4.90 Å². The third-order valence-electron chi connectivity index (χ3n) is 5.46. The minimum Gasteiger partial charge on any atom is -0.477 e. The number of carboxylic acids is 1. The van der Waals surface area contributed by atoms with Crippen LogP contribution in [0.2, 0.25) is 0 Å². The lowest BCUT2D eigenvalue weighted by molar-refractivity contribution is 0.0695. The topological polar surface area (TPSA) is 88.6 Å². The molecule has 3 N–H and O–H groups in total. The molecule has 0 bridgehead atoms. The van der Waals surface area contributed by atoms with Crippen LogP contribution < -0.4 is 16.1 Å². The van der Waals surface area contributed by atoms with Gasteiger partial charge in [-0.25, -0.2) is 9.18 Å². The van der Waals surface area contributed by atoms with Gasteiger partial charge in [0.05, 0.1) is 11.2 Å². The number of pyridine rings is 1. The summed E-state index contributed by atoms with van der Waals surface area (Å²) in [6.07, 6.45) is 4.87. The lowest BCUT2D eigenvalue weighted by atomic mass is 10.0. The molecule has 8 heteroatoms. The average Bonchev–Trinajstić information content (AvgIpc) is 3.52. The molecule has 2 fully saturated rings. The fourth-order valence-electron chi connectivity index (χ4n) is 3.85. The lowest BCUT2D eigenvalue weighted by Crippen LogP contribution is -2.33. The Balaban J connectivity index is 1.86. The molecule has 2 heterocycles. The third kappa shape index (κ3) is 3.29. The Morgan fingerprint density at radius 2 is 2.11 bits per heavy atom. The summed E-state index contributed by atoms with van der Waals surface area (Å²) in [6.45, 7) is 1.41. The number of carbonyl (C=O) groups is 1. The number of nitrogens with two attached hydrogens (primary N) is 1. The number of aromatic carboxylic acids is 1. The maximum atomic E-state index is 15.0. The van der Waals surface area contributed by atoms with Crippen LogP contribution in [0.5, 0.6) is 0 Å². The maximum Gasteiger partial charge on any atom is 0.341 e. The van der Waals surface area contributed by atoms with Gasteiger partial charge in [-0.3, -0.25) is 4.79 Å². The minimum atomic E-state index is -1.30. The molecule has 1 aliphatic heterocycles. The van der Waals surface area contributed by atoms with E-state index in [0.717, 1.165) is 31.3 Å². The van der Waals surface area contributed by atoms with Crippen LogP contribution in [0.4, 0.5) is 10.1 Å². The van der Waals surface area contributed by atoms with Crippen LogP contribution in [-0.2, 0) is 0 Å². The van der Waals surface area contributed by atoms with Gasteiger partial charge in [0.15, 0.2) is 0 Å². The molecule has 1 saturated heterocycles. The number of hydrogen-bond acceptors (Lipinski definition) is 4. The first-order valence-corrected chi connectivity index (χ1v) is 9.71. The molecule has 4 rings (SSSR count). The van der Waals surface area contributed by atoms with Gasteiger partial charge in [0.2, 0.25) is 5.43 Å². The normalized spacial score (nSPS) is 19.2. The molecule has 0 spiro atoms. The van der Waals surface area contributed by atoms with E-state index in [9.17, 15) is 19.1 Å². The molecule has 0 atom stereocenters. The highest BCUT2D eigenvalue weighted by atomic mass is 35.5. The van der Waals surface area contributed by atoms with Crippen LogP contribution in [0, 0.1) is 5.82 Å². The number of anilines is 1. The Morgan fingerprint density at radius 3 is 2.75 bits per heavy atom. The van der Waals surface area contributed by atoms with E-state index in [-0.39, 0.29) is 23.5 Å². The molecule has 6 nitrogen and oxygen atoms in total. The van der Waals surface area contributed by atoms with Crippen molar-refractivity contribution >= 4 is 34.2 Å². The molecule has 1 aromatic heterocycles. The molecule has 1 aliphatic carbocycles. The van der Waals surface area contributed by atoms with Crippen molar-refractivity contribution in [3.8, 4) is 0 Å².